The SMILES string of the molecule is CC(CN=c1ccc2nc3c(Cl)c4c(c(Cl)c3oc-2c1S(=O)(=O)O)Nc1ccc(Br)c(S(=O)(=O)O)c1O4)Nc1nc(Cl)nc(Nc2ccc(S(C)(=O)=O)cc2)n1. The highest BCUT2D eigenvalue weighted by Crippen LogP contribution is 2.55. The van der Waals surface area contributed by atoms with Crippen LogP contribution in [0.3, 0.4) is 0 Å². The van der Waals surface area contributed by atoms with Crippen LogP contribution in [-0.4, -0.2) is 73.1 Å². The maximum atomic E-state index is 12.8. The van der Waals surface area contributed by atoms with Crippen LogP contribution in [0.5, 0.6) is 11.5 Å². The molecule has 7 rings (SSSR count). The smallest absolute Gasteiger partial charge is 0.300 e. The van der Waals surface area contributed by atoms with Gasteiger partial charge in [-0.2, -0.15) is 31.8 Å². The Labute approximate surface area is 340 Å². The van der Waals surface area contributed by atoms with Crippen molar-refractivity contribution in [1.29, 1.82) is 0 Å². The number of rotatable bonds is 9. The number of hydrogen-bond donors (Lipinski definition) is 5. The van der Waals surface area contributed by atoms with Gasteiger partial charge >= 0.3 is 10.1 Å². The molecule has 2 aliphatic heterocycles. The minimum absolute atomic E-state index is 0.000896. The predicted molar refractivity (Wildman–Crippen MR) is 209 cm³/mol. The van der Waals surface area contributed by atoms with E-state index in [9.17, 15) is 34.4 Å². The minimum Gasteiger partial charge on any atom is -0.450 e. The average Bonchev–Trinajstić information content (AvgIpc) is 3.10. The Balaban J connectivity index is 1.22. The van der Waals surface area contributed by atoms with Gasteiger partial charge in [-0.3, -0.25) is 14.1 Å². The van der Waals surface area contributed by atoms with Crippen molar-refractivity contribution < 1.29 is 43.5 Å². The van der Waals surface area contributed by atoms with E-state index in [2.05, 4.69) is 56.8 Å². The van der Waals surface area contributed by atoms with Gasteiger partial charge in [-0.1, -0.05) is 23.2 Å². The molecule has 18 nitrogen and oxygen atoms in total. The molecule has 56 heavy (non-hydrogen) atoms. The zero-order valence-electron chi connectivity index (χ0n) is 28.0. The monoisotopic (exact) mass is 946 g/mol. The molecule has 25 heteroatoms. The topological polar surface area (TPSA) is 265 Å². The Bertz CT molecular complexity index is 3010. The van der Waals surface area contributed by atoms with Crippen molar-refractivity contribution >= 4 is 121 Å². The van der Waals surface area contributed by atoms with E-state index >= 15 is 0 Å². The minimum atomic E-state index is -5.03. The molecule has 1 atom stereocenters. The molecule has 0 bridgehead atoms. The first-order valence-corrected chi connectivity index (χ1v) is 22.2. The second-order valence-corrected chi connectivity index (χ2v) is 18.7. The second kappa shape index (κ2) is 14.5. The lowest BCUT2D eigenvalue weighted by molar-refractivity contribution is 0.448. The molecule has 1 unspecified atom stereocenters. The highest BCUT2D eigenvalue weighted by molar-refractivity contribution is 9.10. The van der Waals surface area contributed by atoms with Gasteiger partial charge in [-0.05, 0) is 83.0 Å². The first kappa shape index (κ1) is 39.8. The van der Waals surface area contributed by atoms with Gasteiger partial charge in [-0.25, -0.2) is 13.4 Å². The van der Waals surface area contributed by atoms with Gasteiger partial charge < -0.3 is 25.1 Å². The standard InChI is InChI=1S/C31H22BrCl3N8O10S3/c1-12(37-30-41-29(35)42-31(43-30)38-13-3-5-14(6-4-13)54(2,44)45)11-36-18-10-9-17-24(28(18)56(49,50)51)53-26-20(34)21-25(19(33)22(26)40-17)52-23-16(39-21)8-7-15(32)27(23)55(46,47)48/h3-10,12,39H,11H2,1-2H3,(H,46,47,48)(H,49,50,51)(H2,37,38,41,42,43). The van der Waals surface area contributed by atoms with Crippen molar-refractivity contribution in [2.75, 3.05) is 28.8 Å². The van der Waals surface area contributed by atoms with Crippen LogP contribution in [0.15, 0.2) is 77.1 Å². The summed E-state index contributed by atoms with van der Waals surface area (Å²) in [6.45, 7) is 1.58. The Kier molecular flexibility index (Phi) is 10.3. The van der Waals surface area contributed by atoms with Crippen LogP contribution in [0.25, 0.3) is 22.6 Å². The summed E-state index contributed by atoms with van der Waals surface area (Å²) >= 11 is 22.6. The number of nitrogens with zero attached hydrogens (tertiary/aromatic N) is 5. The third-order valence-corrected chi connectivity index (χ3v) is 12.6. The molecule has 0 saturated carbocycles. The van der Waals surface area contributed by atoms with Crippen LogP contribution in [0, 0.1) is 0 Å². The molecule has 1 aromatic heterocycles. The number of hydrogen-bond acceptors (Lipinski definition) is 16. The van der Waals surface area contributed by atoms with Gasteiger partial charge in [0.05, 0.1) is 22.5 Å². The van der Waals surface area contributed by atoms with E-state index < -0.39 is 51.7 Å². The first-order chi connectivity index (χ1) is 26.2. The van der Waals surface area contributed by atoms with Gasteiger partial charge in [0.15, 0.2) is 42.5 Å². The highest BCUT2D eigenvalue weighted by atomic mass is 79.9. The summed E-state index contributed by atoms with van der Waals surface area (Å²) in [6, 6.07) is 10.7. The Morgan fingerprint density at radius 1 is 0.857 bits per heavy atom. The number of ether oxygens (including phenoxy) is 1. The van der Waals surface area contributed by atoms with E-state index in [0.717, 1.165) is 6.26 Å². The number of anilines is 5. The quantitative estimate of drug-likeness (QED) is 0.0741. The fourth-order valence-corrected chi connectivity index (χ4v) is 9.18. The molecular formula is C31H22BrCl3N8O10S3. The van der Waals surface area contributed by atoms with Crippen molar-refractivity contribution in [3.63, 3.8) is 0 Å². The molecule has 0 fully saturated rings. The molecular weight excluding hydrogens is 927 g/mol. The van der Waals surface area contributed by atoms with Crippen molar-refractivity contribution in [2.24, 2.45) is 4.99 Å². The molecule has 1 aliphatic carbocycles. The van der Waals surface area contributed by atoms with Gasteiger partial charge in [0.1, 0.15) is 26.9 Å². The van der Waals surface area contributed by atoms with E-state index in [1.165, 1.54) is 48.5 Å². The molecule has 5 N–H and O–H groups in total. The third-order valence-electron chi connectivity index (χ3n) is 7.88. The summed E-state index contributed by atoms with van der Waals surface area (Å²) in [7, 11) is -13.2. The van der Waals surface area contributed by atoms with Gasteiger partial charge in [0.2, 0.25) is 17.2 Å². The second-order valence-electron chi connectivity index (χ2n) is 12.0. The predicted octanol–water partition coefficient (Wildman–Crippen LogP) is 6.73. The largest absolute Gasteiger partial charge is 0.450 e. The van der Waals surface area contributed by atoms with Crippen molar-refractivity contribution in [3.05, 3.63) is 73.7 Å². The summed E-state index contributed by atoms with van der Waals surface area (Å²) in [4.78, 5) is 20.0. The van der Waals surface area contributed by atoms with Crippen LogP contribution < -0.4 is 26.0 Å². The molecule has 3 heterocycles. The number of halogens is 4. The zero-order valence-corrected chi connectivity index (χ0v) is 34.3. The fourth-order valence-electron chi connectivity index (χ4n) is 5.46. The van der Waals surface area contributed by atoms with E-state index in [1.807, 2.05) is 0 Å². The van der Waals surface area contributed by atoms with E-state index in [0.29, 0.717) is 5.69 Å². The number of benzene rings is 4. The fraction of sp³-hybridized carbons (Fsp3) is 0.129. The lowest BCUT2D eigenvalue weighted by atomic mass is 10.1. The Morgan fingerprint density at radius 2 is 1.54 bits per heavy atom. The zero-order chi connectivity index (χ0) is 40.5. The third kappa shape index (κ3) is 7.80. The van der Waals surface area contributed by atoms with Crippen LogP contribution in [0.1, 0.15) is 6.92 Å². The molecule has 0 radical (unpaired) electrons. The number of sulfone groups is 1. The molecule has 4 aromatic rings. The van der Waals surface area contributed by atoms with Crippen molar-refractivity contribution in [1.82, 2.24) is 19.9 Å². The molecule has 0 spiro atoms. The van der Waals surface area contributed by atoms with Crippen molar-refractivity contribution in [2.45, 2.75) is 27.7 Å². The lowest BCUT2D eigenvalue weighted by Crippen LogP contribution is -2.24. The van der Waals surface area contributed by atoms with E-state index in [-0.39, 0.29) is 88.2 Å². The first-order valence-electron chi connectivity index (χ1n) is 15.5. The summed E-state index contributed by atoms with van der Waals surface area (Å²) < 4.78 is 106. The van der Waals surface area contributed by atoms with Crippen LogP contribution in [0.2, 0.25) is 15.3 Å². The molecule has 292 valence electrons. The molecule has 0 saturated heterocycles. The van der Waals surface area contributed by atoms with Gasteiger partial charge in [-0.15, -0.1) is 0 Å². The summed E-state index contributed by atoms with van der Waals surface area (Å²) in [6.07, 6.45) is 1.09. The van der Waals surface area contributed by atoms with Crippen LogP contribution in [-0.2, 0) is 30.1 Å². The van der Waals surface area contributed by atoms with Crippen LogP contribution in [0.4, 0.5) is 29.0 Å². The lowest BCUT2D eigenvalue weighted by Gasteiger charge is -2.26. The summed E-state index contributed by atoms with van der Waals surface area (Å²) in [5, 5.41) is 8.00. The highest BCUT2D eigenvalue weighted by Gasteiger charge is 2.34. The van der Waals surface area contributed by atoms with E-state index in [1.54, 1.807) is 6.92 Å². The van der Waals surface area contributed by atoms with Crippen molar-refractivity contribution in [3.8, 4) is 23.0 Å². The average molecular weight is 949 g/mol. The molecule has 3 aromatic carbocycles. The normalized spacial score (nSPS) is 13.8. The number of aromatic nitrogens is 4. The molecule has 0 amide bonds. The summed E-state index contributed by atoms with van der Waals surface area (Å²) in [5.74, 6) is -0.814. The maximum absolute atomic E-state index is 12.8. The van der Waals surface area contributed by atoms with Gasteiger partial charge in [0.25, 0.3) is 10.1 Å². The van der Waals surface area contributed by atoms with Gasteiger partial charge in [0, 0.05) is 22.5 Å². The number of fused-ring (bicyclic) bond motifs is 4. The summed E-state index contributed by atoms with van der Waals surface area (Å²) in [5.41, 5.74) is 0.113. The maximum Gasteiger partial charge on any atom is 0.300 e. The molecule has 3 aliphatic rings. The van der Waals surface area contributed by atoms with Crippen LogP contribution >= 0.6 is 50.7 Å². The Morgan fingerprint density at radius 3 is 2.20 bits per heavy atom. The number of nitrogens with one attached hydrogen (secondary N) is 3. The van der Waals surface area contributed by atoms with E-state index in [4.69, 9.17) is 44.0 Å². The Hall–Kier alpha value is -4.39.